The molecule has 0 aliphatic rings. The summed E-state index contributed by atoms with van der Waals surface area (Å²) in [5.74, 6) is -1.59. The van der Waals surface area contributed by atoms with Crippen molar-refractivity contribution < 1.29 is 42.9 Å². The van der Waals surface area contributed by atoms with Crippen LogP contribution in [0, 0.1) is 10.8 Å². The zero-order valence-corrected chi connectivity index (χ0v) is 25.5. The summed E-state index contributed by atoms with van der Waals surface area (Å²) in [6, 6.07) is 4.62. The van der Waals surface area contributed by atoms with E-state index in [1.165, 1.54) is 19.2 Å². The molecular formula is C30H47NO9. The Morgan fingerprint density at radius 1 is 0.900 bits per heavy atom. The van der Waals surface area contributed by atoms with Crippen LogP contribution in [0.25, 0.3) is 0 Å². The largest absolute Gasteiger partial charge is 0.508 e. The van der Waals surface area contributed by atoms with Gasteiger partial charge in [0.2, 0.25) is 0 Å². The predicted molar refractivity (Wildman–Crippen MR) is 150 cm³/mol. The van der Waals surface area contributed by atoms with Gasteiger partial charge < -0.3 is 29.4 Å². The van der Waals surface area contributed by atoms with Crippen LogP contribution in [0.3, 0.4) is 0 Å². The zero-order valence-electron chi connectivity index (χ0n) is 25.5. The van der Waals surface area contributed by atoms with Crippen molar-refractivity contribution in [1.29, 1.82) is 0 Å². The van der Waals surface area contributed by atoms with Crippen molar-refractivity contribution in [2.75, 3.05) is 13.7 Å². The zero-order chi connectivity index (χ0) is 30.7. The van der Waals surface area contributed by atoms with Crippen LogP contribution in [0.1, 0.15) is 93.1 Å². The standard InChI is InChI=1S/C30H47NO9/c1-10-11-20(2)38-27(35)37-15-14-30(31,26(34)36-9)17-21-12-13-22(39-24(32)18-28(3,4)5)23(16-21)40-25(33)19-29(6,7)8/h12-13,16,20H,10-11,14-15,17-19,31H2,1-9H3/t20-,30+/m0/s1. The molecule has 2 atom stereocenters. The smallest absolute Gasteiger partial charge is 0.468 e. The van der Waals surface area contributed by atoms with E-state index in [1.807, 2.05) is 48.5 Å². The maximum absolute atomic E-state index is 12.7. The third kappa shape index (κ3) is 13.3. The average Bonchev–Trinajstić information content (AvgIpc) is 2.77. The van der Waals surface area contributed by atoms with E-state index in [4.69, 9.17) is 29.4 Å². The summed E-state index contributed by atoms with van der Waals surface area (Å²) in [5, 5.41) is 0. The first-order valence-corrected chi connectivity index (χ1v) is 13.6. The van der Waals surface area contributed by atoms with E-state index in [2.05, 4.69) is 0 Å². The van der Waals surface area contributed by atoms with Crippen LogP contribution in [0.5, 0.6) is 11.5 Å². The average molecular weight is 566 g/mol. The molecular weight excluding hydrogens is 518 g/mol. The molecule has 0 amide bonds. The first-order chi connectivity index (χ1) is 18.4. The van der Waals surface area contributed by atoms with Gasteiger partial charge in [0, 0.05) is 12.8 Å². The molecule has 40 heavy (non-hydrogen) atoms. The number of ether oxygens (including phenoxy) is 5. The monoisotopic (exact) mass is 565 g/mol. The Balaban J connectivity index is 3.17. The highest BCUT2D eigenvalue weighted by Crippen LogP contribution is 2.33. The van der Waals surface area contributed by atoms with Gasteiger partial charge in [-0.1, -0.05) is 61.0 Å². The number of benzene rings is 1. The van der Waals surface area contributed by atoms with Crippen LogP contribution in [-0.2, 0) is 35.0 Å². The molecule has 0 radical (unpaired) electrons. The molecule has 10 nitrogen and oxygen atoms in total. The third-order valence-corrected chi connectivity index (χ3v) is 5.68. The van der Waals surface area contributed by atoms with E-state index in [9.17, 15) is 19.2 Å². The van der Waals surface area contributed by atoms with E-state index < -0.39 is 29.6 Å². The Labute approximate surface area is 238 Å². The second-order valence-electron chi connectivity index (χ2n) is 12.6. The van der Waals surface area contributed by atoms with E-state index in [-0.39, 0.29) is 60.7 Å². The summed E-state index contributed by atoms with van der Waals surface area (Å²) >= 11 is 0. The molecule has 0 unspecified atom stereocenters. The molecule has 2 N–H and O–H groups in total. The molecule has 0 aromatic heterocycles. The van der Waals surface area contributed by atoms with Crippen molar-refractivity contribution in [3.63, 3.8) is 0 Å². The van der Waals surface area contributed by atoms with Crippen molar-refractivity contribution in [3.05, 3.63) is 23.8 Å². The van der Waals surface area contributed by atoms with E-state index in [0.717, 1.165) is 6.42 Å². The summed E-state index contributed by atoms with van der Waals surface area (Å²) in [6.45, 7) is 15.0. The molecule has 0 fully saturated rings. The molecule has 0 saturated heterocycles. The van der Waals surface area contributed by atoms with Crippen LogP contribution >= 0.6 is 0 Å². The van der Waals surface area contributed by atoms with Gasteiger partial charge in [-0.15, -0.1) is 0 Å². The van der Waals surface area contributed by atoms with E-state index in [1.54, 1.807) is 13.0 Å². The van der Waals surface area contributed by atoms with Crippen molar-refractivity contribution in [2.45, 2.75) is 106 Å². The van der Waals surface area contributed by atoms with Gasteiger partial charge in [0.1, 0.15) is 11.6 Å². The summed E-state index contributed by atoms with van der Waals surface area (Å²) < 4.78 is 26.4. The van der Waals surface area contributed by atoms with Crippen LogP contribution in [0.15, 0.2) is 18.2 Å². The molecule has 0 aliphatic carbocycles. The first-order valence-electron chi connectivity index (χ1n) is 13.6. The number of rotatable bonds is 13. The minimum atomic E-state index is -1.57. The lowest BCUT2D eigenvalue weighted by atomic mass is 9.88. The Kier molecular flexibility index (Phi) is 13.1. The quantitative estimate of drug-likeness (QED) is 0.240. The van der Waals surface area contributed by atoms with Crippen molar-refractivity contribution in [1.82, 2.24) is 0 Å². The summed E-state index contributed by atoms with van der Waals surface area (Å²) in [7, 11) is 1.21. The molecule has 226 valence electrons. The number of nitrogens with two attached hydrogens (primary N) is 1. The lowest BCUT2D eigenvalue weighted by Crippen LogP contribution is -2.51. The van der Waals surface area contributed by atoms with Gasteiger partial charge in [0.05, 0.1) is 26.6 Å². The lowest BCUT2D eigenvalue weighted by Gasteiger charge is -2.27. The van der Waals surface area contributed by atoms with Crippen LogP contribution in [0.2, 0.25) is 0 Å². The molecule has 0 aliphatic heterocycles. The van der Waals surface area contributed by atoms with Gasteiger partial charge in [-0.2, -0.15) is 0 Å². The van der Waals surface area contributed by atoms with Gasteiger partial charge in [-0.05, 0) is 41.9 Å². The molecule has 0 spiro atoms. The third-order valence-electron chi connectivity index (χ3n) is 5.68. The van der Waals surface area contributed by atoms with Gasteiger partial charge >= 0.3 is 24.1 Å². The maximum atomic E-state index is 12.7. The number of methoxy groups -OCH3 is 1. The van der Waals surface area contributed by atoms with Crippen LogP contribution in [-0.4, -0.2) is 49.4 Å². The predicted octanol–water partition coefficient (Wildman–Crippen LogP) is 5.51. The highest BCUT2D eigenvalue weighted by Gasteiger charge is 2.36. The fourth-order valence-electron chi connectivity index (χ4n) is 3.82. The highest BCUT2D eigenvalue weighted by molar-refractivity contribution is 5.81. The fraction of sp³-hybridized carbons (Fsp3) is 0.667. The number of carbonyl (C=O) groups is 4. The normalized spacial score (nSPS) is 13.9. The number of hydrogen-bond acceptors (Lipinski definition) is 10. The molecule has 1 aromatic rings. The van der Waals surface area contributed by atoms with Crippen LogP contribution < -0.4 is 15.2 Å². The molecule has 10 heteroatoms. The Hall–Kier alpha value is -3.14. The first kappa shape index (κ1) is 34.9. The molecule has 1 rings (SSSR count). The summed E-state index contributed by atoms with van der Waals surface area (Å²) in [6.07, 6.45) is 0.590. The Morgan fingerprint density at radius 3 is 1.95 bits per heavy atom. The lowest BCUT2D eigenvalue weighted by molar-refractivity contribution is -0.148. The summed E-state index contributed by atoms with van der Waals surface area (Å²) in [4.78, 5) is 49.8. The minimum Gasteiger partial charge on any atom is -0.468 e. The Bertz CT molecular complexity index is 1020. The van der Waals surface area contributed by atoms with Crippen molar-refractivity contribution in [2.24, 2.45) is 16.6 Å². The van der Waals surface area contributed by atoms with Gasteiger partial charge in [0.15, 0.2) is 11.5 Å². The second-order valence-corrected chi connectivity index (χ2v) is 12.6. The van der Waals surface area contributed by atoms with E-state index >= 15 is 0 Å². The number of carbonyl (C=O) groups excluding carboxylic acids is 4. The molecule has 0 heterocycles. The molecule has 0 saturated carbocycles. The summed E-state index contributed by atoms with van der Waals surface area (Å²) in [5.41, 5.74) is 4.76. The molecule has 0 bridgehead atoms. The topological polar surface area (TPSA) is 140 Å². The SMILES string of the molecule is CCC[C@H](C)OC(=O)OCC[C@@](N)(Cc1ccc(OC(=O)CC(C)(C)C)c(OC(=O)CC(C)(C)C)c1)C(=O)OC. The van der Waals surface area contributed by atoms with E-state index in [0.29, 0.717) is 12.0 Å². The van der Waals surface area contributed by atoms with Crippen molar-refractivity contribution >= 4 is 24.1 Å². The highest BCUT2D eigenvalue weighted by atomic mass is 16.7. The number of hydrogen-bond donors (Lipinski definition) is 1. The Morgan fingerprint density at radius 2 is 1.45 bits per heavy atom. The van der Waals surface area contributed by atoms with Crippen LogP contribution in [0.4, 0.5) is 4.79 Å². The van der Waals surface area contributed by atoms with Gasteiger partial charge in [-0.25, -0.2) is 4.79 Å². The minimum absolute atomic E-state index is 0.0333. The second kappa shape index (κ2) is 15.0. The molecule has 1 aromatic carbocycles. The maximum Gasteiger partial charge on any atom is 0.508 e. The van der Waals surface area contributed by atoms with Gasteiger partial charge in [-0.3, -0.25) is 14.4 Å². The van der Waals surface area contributed by atoms with Crippen molar-refractivity contribution in [3.8, 4) is 11.5 Å². The van der Waals surface area contributed by atoms with Gasteiger partial charge in [0.25, 0.3) is 0 Å². The number of esters is 3. The fourth-order valence-corrected chi connectivity index (χ4v) is 3.82.